The van der Waals surface area contributed by atoms with E-state index in [9.17, 15) is 15.0 Å². The molecule has 0 aliphatic carbocycles. The van der Waals surface area contributed by atoms with Crippen molar-refractivity contribution in [3.05, 3.63) is 29.8 Å². The average Bonchev–Trinajstić information content (AvgIpc) is 2.59. The molecule has 3 unspecified atom stereocenters. The van der Waals surface area contributed by atoms with Gasteiger partial charge >= 0.3 is 5.97 Å². The van der Waals surface area contributed by atoms with E-state index in [-0.39, 0.29) is 19.3 Å². The molecular weight excluding hydrogens is 340 g/mol. The fourth-order valence-electron chi connectivity index (χ4n) is 2.14. The topological polar surface area (TPSA) is 160 Å². The average molecular weight is 364 g/mol. The molecule has 0 spiro atoms. The maximum atomic E-state index is 10.8. The zero-order valence-electron chi connectivity index (χ0n) is 14.2. The number of carbonyl (C=O) groups is 1. The summed E-state index contributed by atoms with van der Waals surface area (Å²) in [6.45, 7) is -0.396. The highest BCUT2D eigenvalue weighted by molar-refractivity contribution is 5.79. The number of nitrogens with one attached hydrogen (secondary N) is 2. The highest BCUT2D eigenvalue weighted by Gasteiger charge is 2.15. The largest absolute Gasteiger partial charge is 0.481 e. The number of aliphatic hydroxyl groups excluding tert-OH is 3. The predicted octanol–water partition coefficient (Wildman–Crippen LogP) is -0.763. The Kier molecular flexibility index (Phi) is 9.74. The van der Waals surface area contributed by atoms with E-state index in [1.165, 1.54) is 6.21 Å². The van der Waals surface area contributed by atoms with Crippen molar-refractivity contribution in [1.29, 1.82) is 0 Å². The second kappa shape index (κ2) is 11.8. The van der Waals surface area contributed by atoms with Crippen molar-refractivity contribution in [2.75, 3.05) is 11.9 Å². The fourth-order valence-corrected chi connectivity index (χ4v) is 2.14. The highest BCUT2D eigenvalue weighted by Crippen LogP contribution is 2.11. The van der Waals surface area contributed by atoms with Gasteiger partial charge in [-0.1, -0.05) is 24.0 Å². The number of benzene rings is 1. The third-order valence-corrected chi connectivity index (χ3v) is 3.31. The maximum absolute atomic E-state index is 10.8. The van der Waals surface area contributed by atoms with Gasteiger partial charge in [-0.2, -0.15) is 5.10 Å². The smallest absolute Gasteiger partial charge is 0.305 e. The quantitative estimate of drug-likeness (QED) is 0.0937. The van der Waals surface area contributed by atoms with E-state index < -0.39 is 31.1 Å². The zero-order chi connectivity index (χ0) is 19.4. The molecule has 0 amide bonds. The van der Waals surface area contributed by atoms with Crippen molar-refractivity contribution < 1.29 is 25.2 Å². The third-order valence-electron chi connectivity index (χ3n) is 3.31. The van der Waals surface area contributed by atoms with Crippen LogP contribution >= 0.6 is 0 Å². The van der Waals surface area contributed by atoms with E-state index >= 15 is 0 Å². The Balaban J connectivity index is 2.44. The first-order valence-electron chi connectivity index (χ1n) is 7.97. The number of anilines is 1. The molecule has 0 aliphatic rings. The van der Waals surface area contributed by atoms with Gasteiger partial charge in [0.25, 0.3) is 0 Å². The summed E-state index contributed by atoms with van der Waals surface area (Å²) >= 11 is 0. The van der Waals surface area contributed by atoms with Crippen LogP contribution in [0.2, 0.25) is 0 Å². The van der Waals surface area contributed by atoms with Crippen molar-refractivity contribution in [2.24, 2.45) is 10.9 Å². The minimum absolute atomic E-state index is 0.170. The van der Waals surface area contributed by atoms with Gasteiger partial charge in [-0.3, -0.25) is 10.1 Å². The van der Waals surface area contributed by atoms with Gasteiger partial charge in [-0.15, -0.1) is 0 Å². The van der Waals surface area contributed by atoms with Crippen LogP contribution in [-0.2, 0) is 4.79 Å². The standard InChI is InChI=1S/C17H24N4O5/c18-19-11-12-3-5-13(6-4-12)20-15(23)7-8-16(24)21-14(2-1-9-22)10-17(25)26/h3-6,11,14-16,20-24H,7-10,18H2,(H,25,26)/b19-11+. The van der Waals surface area contributed by atoms with Gasteiger partial charge in [0, 0.05) is 5.69 Å². The van der Waals surface area contributed by atoms with E-state index in [4.69, 9.17) is 16.1 Å². The molecule has 1 aromatic carbocycles. The molecule has 9 heteroatoms. The maximum Gasteiger partial charge on any atom is 0.305 e. The summed E-state index contributed by atoms with van der Waals surface area (Å²) in [6.07, 6.45) is -0.385. The minimum Gasteiger partial charge on any atom is -0.481 e. The summed E-state index contributed by atoms with van der Waals surface area (Å²) in [5.74, 6) is 8.87. The van der Waals surface area contributed by atoms with Crippen LogP contribution in [0.25, 0.3) is 0 Å². The second-order valence-electron chi connectivity index (χ2n) is 5.45. The van der Waals surface area contributed by atoms with Crippen molar-refractivity contribution >= 4 is 17.9 Å². The predicted molar refractivity (Wildman–Crippen MR) is 97.1 cm³/mol. The number of hydrazone groups is 1. The van der Waals surface area contributed by atoms with Crippen LogP contribution < -0.4 is 16.5 Å². The van der Waals surface area contributed by atoms with Gasteiger partial charge in [-0.25, -0.2) is 0 Å². The van der Waals surface area contributed by atoms with E-state index in [1.807, 2.05) is 0 Å². The summed E-state index contributed by atoms with van der Waals surface area (Å²) < 4.78 is 0. The molecule has 1 rings (SSSR count). The number of hydrogen-bond acceptors (Lipinski definition) is 8. The third kappa shape index (κ3) is 9.00. The summed E-state index contributed by atoms with van der Waals surface area (Å²) in [5.41, 5.74) is 1.51. The van der Waals surface area contributed by atoms with Gasteiger partial charge in [0.05, 0.1) is 18.7 Å². The molecule has 0 saturated heterocycles. The lowest BCUT2D eigenvalue weighted by Crippen LogP contribution is -2.39. The Morgan fingerprint density at radius 1 is 1.23 bits per heavy atom. The number of aliphatic hydroxyl groups is 3. The van der Waals surface area contributed by atoms with Gasteiger partial charge < -0.3 is 31.6 Å². The normalized spacial score (nSPS) is 14.3. The molecular formula is C17H24N4O5. The Morgan fingerprint density at radius 2 is 1.88 bits per heavy atom. The van der Waals surface area contributed by atoms with Gasteiger partial charge in [0.1, 0.15) is 19.1 Å². The van der Waals surface area contributed by atoms with E-state index in [2.05, 4.69) is 27.6 Å². The summed E-state index contributed by atoms with van der Waals surface area (Å²) in [6, 6.07) is 6.26. The Labute approximate surface area is 151 Å². The minimum atomic E-state index is -1.08. The molecule has 9 nitrogen and oxygen atoms in total. The van der Waals surface area contributed by atoms with Crippen molar-refractivity contribution in [3.63, 3.8) is 0 Å². The lowest BCUT2D eigenvalue weighted by Gasteiger charge is -2.19. The molecule has 3 atom stereocenters. The molecule has 0 aromatic heterocycles. The monoisotopic (exact) mass is 364 g/mol. The van der Waals surface area contributed by atoms with Gasteiger partial charge in [0.15, 0.2) is 0 Å². The number of nitrogens with zero attached hydrogens (tertiary/aromatic N) is 1. The fraction of sp³-hybridized carbons (Fsp3) is 0.412. The van der Waals surface area contributed by atoms with Gasteiger partial charge in [-0.05, 0) is 30.5 Å². The molecule has 0 aliphatic heterocycles. The number of hydrogen-bond donors (Lipinski definition) is 7. The van der Waals surface area contributed by atoms with Crippen LogP contribution in [0.5, 0.6) is 0 Å². The number of nitrogens with two attached hydrogens (primary N) is 1. The summed E-state index contributed by atoms with van der Waals surface area (Å²) in [7, 11) is 0. The number of carboxylic acids is 1. The summed E-state index contributed by atoms with van der Waals surface area (Å²) in [5, 5.41) is 46.4. The van der Waals surface area contributed by atoms with Crippen LogP contribution in [0.1, 0.15) is 24.8 Å². The van der Waals surface area contributed by atoms with E-state index in [1.54, 1.807) is 24.3 Å². The van der Waals surface area contributed by atoms with Crippen molar-refractivity contribution in [3.8, 4) is 11.8 Å². The first-order chi connectivity index (χ1) is 12.4. The zero-order valence-corrected chi connectivity index (χ0v) is 14.2. The number of aliphatic carboxylic acids is 1. The lowest BCUT2D eigenvalue weighted by atomic mass is 10.1. The van der Waals surface area contributed by atoms with Crippen molar-refractivity contribution in [1.82, 2.24) is 5.32 Å². The van der Waals surface area contributed by atoms with Crippen LogP contribution in [0.3, 0.4) is 0 Å². The molecule has 0 saturated carbocycles. The SMILES string of the molecule is N/N=C/c1ccc(NC(O)CCC(O)NC(C#CCO)CC(=O)O)cc1. The first kappa shape index (κ1) is 21.4. The van der Waals surface area contributed by atoms with Crippen molar-refractivity contribution in [2.45, 2.75) is 37.8 Å². The van der Waals surface area contributed by atoms with E-state index in [0.717, 1.165) is 5.56 Å². The first-order valence-corrected chi connectivity index (χ1v) is 7.97. The molecule has 8 N–H and O–H groups in total. The Hall–Kier alpha value is -2.64. The molecule has 0 fully saturated rings. The van der Waals surface area contributed by atoms with Gasteiger partial charge in [0.2, 0.25) is 0 Å². The van der Waals surface area contributed by atoms with Crippen LogP contribution in [-0.4, -0.2) is 57.7 Å². The Morgan fingerprint density at radius 3 is 2.46 bits per heavy atom. The van der Waals surface area contributed by atoms with Crippen LogP contribution in [0.4, 0.5) is 5.69 Å². The molecule has 0 heterocycles. The lowest BCUT2D eigenvalue weighted by molar-refractivity contribution is -0.137. The summed E-state index contributed by atoms with van der Waals surface area (Å²) in [4.78, 5) is 10.8. The molecule has 1 aromatic rings. The van der Waals surface area contributed by atoms with E-state index in [0.29, 0.717) is 5.69 Å². The number of rotatable bonds is 10. The van der Waals surface area contributed by atoms with Crippen LogP contribution in [0, 0.1) is 11.8 Å². The molecule has 0 bridgehead atoms. The molecule has 142 valence electrons. The second-order valence-corrected chi connectivity index (χ2v) is 5.45. The molecule has 0 radical (unpaired) electrons. The Bertz CT molecular complexity index is 639. The number of carboxylic acid groups (broad SMARTS) is 1. The molecule has 26 heavy (non-hydrogen) atoms. The van der Waals surface area contributed by atoms with Crippen LogP contribution in [0.15, 0.2) is 29.4 Å². The highest BCUT2D eigenvalue weighted by atomic mass is 16.4.